The molecule has 1 amide bonds. The van der Waals surface area contributed by atoms with Crippen molar-refractivity contribution >= 4 is 39.6 Å². The van der Waals surface area contributed by atoms with Crippen molar-refractivity contribution < 1.29 is 9.18 Å². The van der Waals surface area contributed by atoms with Gasteiger partial charge in [0, 0.05) is 5.39 Å². The molecule has 1 aromatic heterocycles. The van der Waals surface area contributed by atoms with Crippen LogP contribution in [0.25, 0.3) is 27.9 Å². The molecular formula is C24H20FN3O. The normalized spacial score (nSPS) is 10.9. The minimum atomic E-state index is -0.326. The SMILES string of the molecule is CC(C)=Cc1nc2c(ccc3ccccc32)nc1NC(=O)Cc1ccc(F)cc1. The molecule has 0 aliphatic rings. The molecule has 1 N–H and O–H groups in total. The number of carbonyl (C=O) groups is 1. The van der Waals surface area contributed by atoms with Crippen molar-refractivity contribution in [2.45, 2.75) is 20.3 Å². The van der Waals surface area contributed by atoms with Gasteiger partial charge in [0.2, 0.25) is 5.91 Å². The summed E-state index contributed by atoms with van der Waals surface area (Å²) in [5.41, 5.74) is 3.90. The van der Waals surface area contributed by atoms with E-state index in [-0.39, 0.29) is 18.1 Å². The third-order valence-electron chi connectivity index (χ3n) is 4.55. The Morgan fingerprint density at radius 1 is 1.00 bits per heavy atom. The van der Waals surface area contributed by atoms with E-state index in [4.69, 9.17) is 4.98 Å². The summed E-state index contributed by atoms with van der Waals surface area (Å²) in [6.45, 7) is 3.94. The molecule has 0 spiro atoms. The molecule has 4 nitrogen and oxygen atoms in total. The smallest absolute Gasteiger partial charge is 0.230 e. The van der Waals surface area contributed by atoms with Gasteiger partial charge in [-0.1, -0.05) is 48.0 Å². The molecule has 144 valence electrons. The first-order valence-corrected chi connectivity index (χ1v) is 9.38. The number of nitrogens with zero attached hydrogens (tertiary/aromatic N) is 2. The van der Waals surface area contributed by atoms with Crippen molar-refractivity contribution in [2.24, 2.45) is 0 Å². The molecule has 0 radical (unpaired) electrons. The van der Waals surface area contributed by atoms with Gasteiger partial charge in [-0.15, -0.1) is 0 Å². The Morgan fingerprint density at radius 3 is 2.52 bits per heavy atom. The van der Waals surface area contributed by atoms with Gasteiger partial charge in [-0.3, -0.25) is 4.79 Å². The van der Waals surface area contributed by atoms with Crippen molar-refractivity contribution in [2.75, 3.05) is 5.32 Å². The van der Waals surface area contributed by atoms with E-state index in [0.29, 0.717) is 17.0 Å². The van der Waals surface area contributed by atoms with Crippen LogP contribution in [0.4, 0.5) is 10.2 Å². The second-order valence-corrected chi connectivity index (χ2v) is 7.18. The van der Waals surface area contributed by atoms with E-state index in [1.165, 1.54) is 12.1 Å². The van der Waals surface area contributed by atoms with Gasteiger partial charge < -0.3 is 5.32 Å². The molecule has 0 unspecified atom stereocenters. The summed E-state index contributed by atoms with van der Waals surface area (Å²) in [5.74, 6) is -0.136. The van der Waals surface area contributed by atoms with Crippen LogP contribution in [-0.2, 0) is 11.2 Å². The first-order chi connectivity index (χ1) is 14.0. The molecular weight excluding hydrogens is 365 g/mol. The number of allylic oxidation sites excluding steroid dienone is 1. The number of nitrogens with one attached hydrogen (secondary N) is 1. The topological polar surface area (TPSA) is 54.9 Å². The number of hydrogen-bond donors (Lipinski definition) is 1. The third kappa shape index (κ3) is 4.14. The fourth-order valence-electron chi connectivity index (χ4n) is 3.23. The summed E-state index contributed by atoms with van der Waals surface area (Å²) in [6.07, 6.45) is 2.04. The van der Waals surface area contributed by atoms with Gasteiger partial charge in [-0.25, -0.2) is 14.4 Å². The number of anilines is 1. The number of carbonyl (C=O) groups excluding carboxylic acids is 1. The van der Waals surface area contributed by atoms with E-state index in [2.05, 4.69) is 10.3 Å². The van der Waals surface area contributed by atoms with E-state index in [9.17, 15) is 9.18 Å². The second kappa shape index (κ2) is 7.80. The first kappa shape index (κ1) is 18.7. The molecule has 4 rings (SSSR count). The Kier molecular flexibility index (Phi) is 5.04. The highest BCUT2D eigenvalue weighted by Gasteiger charge is 2.13. The molecule has 0 fully saturated rings. The average molecular weight is 385 g/mol. The molecule has 0 atom stereocenters. The van der Waals surface area contributed by atoms with Gasteiger partial charge in [0.25, 0.3) is 0 Å². The minimum absolute atomic E-state index is 0.131. The van der Waals surface area contributed by atoms with Crippen LogP contribution >= 0.6 is 0 Å². The number of halogens is 1. The molecule has 0 bridgehead atoms. The standard InChI is InChI=1S/C24H20FN3O/c1-15(2)13-21-24(28-22(29)14-16-7-10-18(25)11-8-16)27-20-12-9-17-5-3-4-6-19(17)23(20)26-21/h3-13H,14H2,1-2H3,(H,27,28,29). The highest BCUT2D eigenvalue weighted by molar-refractivity contribution is 6.05. The summed E-state index contributed by atoms with van der Waals surface area (Å²) in [6, 6.07) is 17.8. The van der Waals surface area contributed by atoms with Crippen molar-refractivity contribution in [1.82, 2.24) is 9.97 Å². The summed E-state index contributed by atoms with van der Waals surface area (Å²) in [7, 11) is 0. The van der Waals surface area contributed by atoms with Crippen LogP contribution < -0.4 is 5.32 Å². The van der Waals surface area contributed by atoms with Crippen LogP contribution in [0.2, 0.25) is 0 Å². The van der Waals surface area contributed by atoms with Crippen LogP contribution in [0.5, 0.6) is 0 Å². The fraction of sp³-hybridized carbons (Fsp3) is 0.125. The lowest BCUT2D eigenvalue weighted by Crippen LogP contribution is -2.17. The maximum Gasteiger partial charge on any atom is 0.230 e. The van der Waals surface area contributed by atoms with E-state index in [1.54, 1.807) is 12.1 Å². The van der Waals surface area contributed by atoms with Crippen molar-refractivity contribution in [1.29, 1.82) is 0 Å². The summed E-state index contributed by atoms with van der Waals surface area (Å²) < 4.78 is 13.1. The molecule has 0 aliphatic heterocycles. The fourth-order valence-corrected chi connectivity index (χ4v) is 3.23. The predicted molar refractivity (Wildman–Crippen MR) is 115 cm³/mol. The molecule has 0 saturated heterocycles. The monoisotopic (exact) mass is 385 g/mol. The Labute approximate surface area is 168 Å². The zero-order chi connectivity index (χ0) is 20.4. The maximum atomic E-state index is 13.1. The summed E-state index contributed by atoms with van der Waals surface area (Å²) >= 11 is 0. The molecule has 0 saturated carbocycles. The third-order valence-corrected chi connectivity index (χ3v) is 4.55. The van der Waals surface area contributed by atoms with Crippen molar-refractivity contribution in [3.8, 4) is 0 Å². The van der Waals surface area contributed by atoms with Gasteiger partial charge in [-0.05, 0) is 49.1 Å². The van der Waals surface area contributed by atoms with Crippen LogP contribution in [0.15, 0.2) is 66.2 Å². The maximum absolute atomic E-state index is 13.1. The van der Waals surface area contributed by atoms with Crippen molar-refractivity contribution in [3.05, 3.63) is 83.3 Å². The molecule has 5 heteroatoms. The van der Waals surface area contributed by atoms with E-state index in [0.717, 1.165) is 27.4 Å². The Bertz CT molecular complexity index is 1240. The zero-order valence-electron chi connectivity index (χ0n) is 16.2. The Hall–Kier alpha value is -3.60. The number of rotatable bonds is 4. The van der Waals surface area contributed by atoms with Crippen LogP contribution in [0.1, 0.15) is 25.1 Å². The molecule has 1 heterocycles. The lowest BCUT2D eigenvalue weighted by atomic mass is 10.1. The molecule has 4 aromatic rings. The molecule has 29 heavy (non-hydrogen) atoms. The molecule has 3 aromatic carbocycles. The number of amides is 1. The summed E-state index contributed by atoms with van der Waals surface area (Å²) in [5, 5.41) is 4.98. The van der Waals surface area contributed by atoms with Gasteiger partial charge >= 0.3 is 0 Å². The highest BCUT2D eigenvalue weighted by atomic mass is 19.1. The van der Waals surface area contributed by atoms with Gasteiger partial charge in [0.1, 0.15) is 11.5 Å². The Morgan fingerprint density at radius 2 is 1.76 bits per heavy atom. The average Bonchev–Trinajstić information content (AvgIpc) is 2.70. The van der Waals surface area contributed by atoms with Crippen molar-refractivity contribution in [3.63, 3.8) is 0 Å². The highest BCUT2D eigenvalue weighted by Crippen LogP contribution is 2.26. The second-order valence-electron chi connectivity index (χ2n) is 7.18. The number of benzene rings is 3. The van der Waals surface area contributed by atoms with E-state index < -0.39 is 0 Å². The number of aromatic nitrogens is 2. The first-order valence-electron chi connectivity index (χ1n) is 9.38. The van der Waals surface area contributed by atoms with Crippen LogP contribution in [0.3, 0.4) is 0 Å². The lowest BCUT2D eigenvalue weighted by molar-refractivity contribution is -0.115. The quantitative estimate of drug-likeness (QED) is 0.470. The summed E-state index contributed by atoms with van der Waals surface area (Å²) in [4.78, 5) is 22.0. The zero-order valence-corrected chi connectivity index (χ0v) is 16.2. The van der Waals surface area contributed by atoms with Gasteiger partial charge in [0.15, 0.2) is 5.82 Å². The number of fused-ring (bicyclic) bond motifs is 3. The van der Waals surface area contributed by atoms with E-state index in [1.807, 2.05) is 56.3 Å². The van der Waals surface area contributed by atoms with Gasteiger partial charge in [-0.2, -0.15) is 0 Å². The largest absolute Gasteiger partial charge is 0.309 e. The Balaban J connectivity index is 1.74. The lowest BCUT2D eigenvalue weighted by Gasteiger charge is -2.11. The molecule has 0 aliphatic carbocycles. The van der Waals surface area contributed by atoms with Crippen LogP contribution in [0, 0.1) is 5.82 Å². The minimum Gasteiger partial charge on any atom is -0.309 e. The predicted octanol–water partition coefficient (Wildman–Crippen LogP) is 5.53. The van der Waals surface area contributed by atoms with E-state index >= 15 is 0 Å². The number of hydrogen-bond acceptors (Lipinski definition) is 3. The van der Waals surface area contributed by atoms with Crippen LogP contribution in [-0.4, -0.2) is 15.9 Å². The van der Waals surface area contributed by atoms with Gasteiger partial charge in [0.05, 0.1) is 17.5 Å².